The first-order chi connectivity index (χ1) is 24.8. The number of ether oxygens (including phenoxy) is 1. The van der Waals surface area contributed by atoms with Crippen molar-refractivity contribution in [1.29, 1.82) is 0 Å². The first kappa shape index (κ1) is 41.7. The number of carboxylic acid groups (broad SMARTS) is 1. The average molecular weight is 765 g/mol. The van der Waals surface area contributed by atoms with Crippen molar-refractivity contribution < 1.29 is 19.1 Å². The number of carbonyl (C=O) groups is 1. The fourth-order valence-electron chi connectivity index (χ4n) is 6.61. The third-order valence-corrected chi connectivity index (χ3v) is 15.7. The number of carboxylic acids is 1. The molecule has 52 heavy (non-hydrogen) atoms. The van der Waals surface area contributed by atoms with E-state index in [0.717, 1.165) is 85.0 Å². The summed E-state index contributed by atoms with van der Waals surface area (Å²) in [6.45, 7) is 17.5. The minimum atomic E-state index is -1.95. The Morgan fingerprint density at radius 1 is 0.865 bits per heavy atom. The lowest BCUT2D eigenvalue weighted by molar-refractivity contribution is 0.0696. The van der Waals surface area contributed by atoms with Gasteiger partial charge in [0.05, 0.1) is 10.6 Å². The van der Waals surface area contributed by atoms with Crippen LogP contribution in [0.15, 0.2) is 72.8 Å². The Kier molecular flexibility index (Phi) is 15.5. The van der Waals surface area contributed by atoms with E-state index in [4.69, 9.17) is 32.4 Å². The summed E-state index contributed by atoms with van der Waals surface area (Å²) in [5.74, 6) is 0.0699. The van der Waals surface area contributed by atoms with Gasteiger partial charge < -0.3 is 18.8 Å². The quantitative estimate of drug-likeness (QED) is 0.0719. The van der Waals surface area contributed by atoms with Crippen LogP contribution in [0, 0.1) is 5.92 Å². The number of rotatable bonds is 20. The molecule has 8 heteroatoms. The maximum Gasteiger partial charge on any atom is 0.338 e. The average Bonchev–Trinajstić information content (AvgIpc) is 3.40. The third kappa shape index (κ3) is 11.2. The molecule has 0 bridgehead atoms. The van der Waals surface area contributed by atoms with Gasteiger partial charge in [0.1, 0.15) is 12.4 Å². The topological polar surface area (TPSA) is 60.7 Å². The predicted molar refractivity (Wildman–Crippen MR) is 221 cm³/mol. The molecule has 3 aromatic carbocycles. The van der Waals surface area contributed by atoms with Crippen LogP contribution < -0.4 is 4.74 Å². The summed E-state index contributed by atoms with van der Waals surface area (Å²) in [6, 6.07) is 23.5. The predicted octanol–water partition coefficient (Wildman–Crippen LogP) is 13.3. The van der Waals surface area contributed by atoms with Gasteiger partial charge in [0.25, 0.3) is 0 Å². The third-order valence-electron chi connectivity index (χ3n) is 10.6. The zero-order chi connectivity index (χ0) is 37.9. The van der Waals surface area contributed by atoms with Crippen molar-refractivity contribution in [2.24, 2.45) is 5.92 Å². The zero-order valence-corrected chi connectivity index (χ0v) is 34.9. The molecule has 1 aromatic heterocycles. The van der Waals surface area contributed by atoms with Crippen LogP contribution >= 0.6 is 23.2 Å². The number of aromatic carboxylic acids is 1. The molecule has 0 atom stereocenters. The molecule has 0 aliphatic rings. The molecule has 0 amide bonds. The highest BCUT2D eigenvalue weighted by molar-refractivity contribution is 6.74. The Balaban J connectivity index is 1.86. The molecule has 282 valence electrons. The van der Waals surface area contributed by atoms with Gasteiger partial charge in [-0.2, -0.15) is 0 Å². The van der Waals surface area contributed by atoms with Crippen LogP contribution in [0.3, 0.4) is 0 Å². The molecule has 0 saturated carbocycles. The van der Waals surface area contributed by atoms with Gasteiger partial charge in [-0.3, -0.25) is 0 Å². The van der Waals surface area contributed by atoms with E-state index in [1.807, 2.05) is 72.8 Å². The van der Waals surface area contributed by atoms with E-state index in [-0.39, 0.29) is 5.04 Å². The van der Waals surface area contributed by atoms with Crippen LogP contribution in [0.1, 0.15) is 112 Å². The van der Waals surface area contributed by atoms with E-state index >= 15 is 0 Å². The van der Waals surface area contributed by atoms with Crippen LogP contribution in [-0.4, -0.2) is 30.6 Å². The molecule has 0 saturated heterocycles. The van der Waals surface area contributed by atoms with E-state index < -0.39 is 14.3 Å². The number of halogens is 2. The van der Waals surface area contributed by atoms with Gasteiger partial charge in [-0.05, 0) is 77.8 Å². The molecule has 0 spiro atoms. The molecule has 5 nitrogen and oxygen atoms in total. The minimum absolute atomic E-state index is 0.108. The highest BCUT2D eigenvalue weighted by Gasteiger charge is 2.37. The second-order valence-corrected chi connectivity index (χ2v) is 21.3. The van der Waals surface area contributed by atoms with E-state index in [9.17, 15) is 9.90 Å². The van der Waals surface area contributed by atoms with Crippen molar-refractivity contribution in [3.05, 3.63) is 111 Å². The smallest absolute Gasteiger partial charge is 0.338 e. The van der Waals surface area contributed by atoms with Gasteiger partial charge in [0.2, 0.25) is 0 Å². The van der Waals surface area contributed by atoms with E-state index in [1.54, 1.807) is 0 Å². The summed E-state index contributed by atoms with van der Waals surface area (Å²) in [5.41, 5.74) is 5.83. The molecular formula is C44H59Cl2NO4Si. The summed E-state index contributed by atoms with van der Waals surface area (Å²) < 4.78 is 15.1. The maximum absolute atomic E-state index is 13.5. The summed E-state index contributed by atoms with van der Waals surface area (Å²) in [5, 5.41) is 12.3. The van der Waals surface area contributed by atoms with Gasteiger partial charge in [0.15, 0.2) is 8.32 Å². The lowest BCUT2D eigenvalue weighted by Crippen LogP contribution is -2.41. The number of hydrogen-bond acceptors (Lipinski definition) is 3. The SMILES string of the molecule is CCCCC(CCCC)Cc1c(-c2ccc(OCc3ccccc3)c(Cl)c2)c(C(=O)O)c(Cc2ccc(Cl)cc2)n1CCCO[Si](C)(C)C(C)(C)C. The van der Waals surface area contributed by atoms with Gasteiger partial charge >= 0.3 is 5.97 Å². The van der Waals surface area contributed by atoms with Gasteiger partial charge in [0, 0.05) is 41.5 Å². The molecule has 0 fully saturated rings. The summed E-state index contributed by atoms with van der Waals surface area (Å²) in [6.07, 6.45) is 8.81. The van der Waals surface area contributed by atoms with Crippen LogP contribution in [-0.2, 0) is 30.4 Å². The summed E-state index contributed by atoms with van der Waals surface area (Å²) in [7, 11) is -1.95. The van der Waals surface area contributed by atoms with Gasteiger partial charge in [-0.15, -0.1) is 0 Å². The molecule has 1 N–H and O–H groups in total. The summed E-state index contributed by atoms with van der Waals surface area (Å²) in [4.78, 5) is 13.5. The lowest BCUT2D eigenvalue weighted by Gasteiger charge is -2.36. The number of unbranched alkanes of at least 4 members (excludes halogenated alkanes) is 2. The molecule has 4 rings (SSSR count). The van der Waals surface area contributed by atoms with Crippen molar-refractivity contribution in [3.8, 4) is 16.9 Å². The number of nitrogens with zero attached hydrogens (tertiary/aromatic N) is 1. The highest BCUT2D eigenvalue weighted by atomic mass is 35.5. The molecular weight excluding hydrogens is 705 g/mol. The number of aromatic nitrogens is 1. The Bertz CT molecular complexity index is 1720. The Morgan fingerprint density at radius 3 is 2.10 bits per heavy atom. The second-order valence-electron chi connectivity index (χ2n) is 15.6. The Hall–Kier alpha value is -3.03. The summed E-state index contributed by atoms with van der Waals surface area (Å²) >= 11 is 13.2. The van der Waals surface area contributed by atoms with Gasteiger partial charge in [-0.25, -0.2) is 4.79 Å². The van der Waals surface area contributed by atoms with Crippen molar-refractivity contribution in [1.82, 2.24) is 4.57 Å². The highest BCUT2D eigenvalue weighted by Crippen LogP contribution is 2.41. The fraction of sp³-hybridized carbons (Fsp3) is 0.477. The van der Waals surface area contributed by atoms with Crippen molar-refractivity contribution in [2.45, 2.75) is 124 Å². The minimum Gasteiger partial charge on any atom is -0.487 e. The van der Waals surface area contributed by atoms with Gasteiger partial charge in [-0.1, -0.05) is 145 Å². The zero-order valence-electron chi connectivity index (χ0n) is 32.4. The van der Waals surface area contributed by atoms with E-state index in [1.165, 1.54) is 0 Å². The normalized spacial score (nSPS) is 12.1. The molecule has 0 unspecified atom stereocenters. The lowest BCUT2D eigenvalue weighted by atomic mass is 9.88. The molecule has 0 aliphatic carbocycles. The van der Waals surface area contributed by atoms with Crippen LogP contribution in [0.2, 0.25) is 28.2 Å². The Morgan fingerprint density at radius 2 is 1.52 bits per heavy atom. The van der Waals surface area contributed by atoms with Crippen LogP contribution in [0.4, 0.5) is 0 Å². The molecule has 1 heterocycles. The van der Waals surface area contributed by atoms with Crippen molar-refractivity contribution in [2.75, 3.05) is 6.61 Å². The van der Waals surface area contributed by atoms with Crippen molar-refractivity contribution in [3.63, 3.8) is 0 Å². The van der Waals surface area contributed by atoms with E-state index in [0.29, 0.717) is 53.5 Å². The van der Waals surface area contributed by atoms with Crippen LogP contribution in [0.5, 0.6) is 5.75 Å². The first-order valence-corrected chi connectivity index (χ1v) is 22.7. The molecule has 4 aromatic rings. The maximum atomic E-state index is 13.5. The largest absolute Gasteiger partial charge is 0.487 e. The molecule has 0 aliphatic heterocycles. The first-order valence-electron chi connectivity index (χ1n) is 19.1. The molecule has 0 radical (unpaired) electrons. The Labute approximate surface area is 323 Å². The van der Waals surface area contributed by atoms with Crippen molar-refractivity contribution >= 4 is 37.5 Å². The number of benzene rings is 3. The second kappa shape index (κ2) is 19.3. The van der Waals surface area contributed by atoms with E-state index in [2.05, 4.69) is 52.3 Å². The fourth-order valence-corrected chi connectivity index (χ4v) is 8.06. The number of hydrogen-bond donors (Lipinski definition) is 1. The standard InChI is InChI=1S/C44H59Cl2NO4Si/c1-8-10-16-32(17-11-9-2)28-38-41(35-22-25-40(37(46)30-35)50-31-34-18-13-12-14-19-34)42(43(48)49)39(29-33-20-23-36(45)24-21-33)47(38)26-15-27-51-52(6,7)44(3,4)5/h12-14,18-25,30,32H,8-11,15-17,26-29,31H2,1-7H3,(H,48,49). The monoisotopic (exact) mass is 763 g/mol. The van der Waals surface area contributed by atoms with Crippen LogP contribution in [0.25, 0.3) is 11.1 Å².